The van der Waals surface area contributed by atoms with Gasteiger partial charge in [0.05, 0.1) is 19.7 Å². The van der Waals surface area contributed by atoms with E-state index >= 15 is 0 Å². The van der Waals surface area contributed by atoms with Gasteiger partial charge in [-0.15, -0.1) is 0 Å². The van der Waals surface area contributed by atoms with E-state index in [2.05, 4.69) is 37.2 Å². The smallest absolute Gasteiger partial charge is 0.148 e. The molecule has 3 rings (SSSR count). The molecule has 0 heterocycles. The van der Waals surface area contributed by atoms with Crippen LogP contribution in [0.3, 0.4) is 0 Å². The molecule has 0 aliphatic heterocycles. The largest absolute Gasteiger partial charge is 0.487 e. The van der Waals surface area contributed by atoms with Crippen LogP contribution in [0.2, 0.25) is 5.02 Å². The lowest BCUT2D eigenvalue weighted by Gasteiger charge is -2.14. The van der Waals surface area contributed by atoms with Crippen LogP contribution < -0.4 is 10.1 Å². The topological polar surface area (TPSA) is 21.3 Å². The molecule has 0 unspecified atom stereocenters. The molecule has 0 aliphatic rings. The molecule has 26 heavy (non-hydrogen) atoms. The highest BCUT2D eigenvalue weighted by atomic mass is 79.9. The monoisotopic (exact) mass is 497 g/mol. The van der Waals surface area contributed by atoms with Gasteiger partial charge in [0.25, 0.3) is 0 Å². The molecule has 0 radical (unpaired) electrons. The van der Waals surface area contributed by atoms with Crippen molar-refractivity contribution in [2.45, 2.75) is 13.2 Å². The van der Waals surface area contributed by atoms with E-state index in [9.17, 15) is 4.39 Å². The van der Waals surface area contributed by atoms with Gasteiger partial charge in [-0.25, -0.2) is 4.39 Å². The average molecular weight is 500 g/mol. The number of benzene rings is 3. The fraction of sp³-hybridized carbons (Fsp3) is 0.100. The molecule has 0 bridgehead atoms. The summed E-state index contributed by atoms with van der Waals surface area (Å²) in [4.78, 5) is 0. The number of hydrogen-bond acceptors (Lipinski definition) is 2. The molecule has 3 aromatic carbocycles. The van der Waals surface area contributed by atoms with Crippen LogP contribution in [-0.4, -0.2) is 0 Å². The summed E-state index contributed by atoms with van der Waals surface area (Å²) >= 11 is 13.2. The quantitative estimate of drug-likeness (QED) is 0.387. The molecule has 0 amide bonds. The second-order valence-corrected chi connectivity index (χ2v) is 7.76. The zero-order valence-corrected chi connectivity index (χ0v) is 17.5. The number of anilines is 1. The van der Waals surface area contributed by atoms with Gasteiger partial charge in [-0.3, -0.25) is 0 Å². The van der Waals surface area contributed by atoms with E-state index in [0.717, 1.165) is 25.8 Å². The second kappa shape index (κ2) is 8.89. The summed E-state index contributed by atoms with van der Waals surface area (Å²) in [6.07, 6.45) is 0. The first-order valence-corrected chi connectivity index (χ1v) is 9.83. The van der Waals surface area contributed by atoms with Crippen molar-refractivity contribution in [2.24, 2.45) is 0 Å². The number of hydrogen-bond donors (Lipinski definition) is 1. The minimum Gasteiger partial charge on any atom is -0.487 e. The maximum Gasteiger partial charge on any atom is 0.148 e. The molecule has 6 heteroatoms. The Bertz CT molecular complexity index is 897. The highest BCUT2D eigenvalue weighted by Gasteiger charge is 2.10. The van der Waals surface area contributed by atoms with Crippen LogP contribution in [0.4, 0.5) is 10.1 Å². The van der Waals surface area contributed by atoms with Crippen LogP contribution in [0.5, 0.6) is 5.75 Å². The maximum atomic E-state index is 13.3. The maximum absolute atomic E-state index is 13.3. The summed E-state index contributed by atoms with van der Waals surface area (Å²) in [5.41, 5.74) is 2.71. The van der Waals surface area contributed by atoms with Gasteiger partial charge in [0.1, 0.15) is 18.2 Å². The molecule has 0 saturated carbocycles. The highest BCUT2D eigenvalue weighted by molar-refractivity contribution is 9.11. The van der Waals surface area contributed by atoms with Gasteiger partial charge < -0.3 is 10.1 Å². The first-order chi connectivity index (χ1) is 12.5. The Balaban J connectivity index is 1.69. The standard InChI is InChI=1S/C20H15Br2ClFNO/c21-16-9-14(11-25-19-7-2-1-6-18(19)23)10-17(22)20(16)26-12-13-4-3-5-15(24)8-13/h1-10,25H,11-12H2. The van der Waals surface area contributed by atoms with Crippen molar-refractivity contribution in [3.8, 4) is 5.75 Å². The number of nitrogens with one attached hydrogen (secondary N) is 1. The SMILES string of the molecule is Fc1cccc(COc2c(Br)cc(CNc3ccccc3Cl)cc2Br)c1. The predicted octanol–water partition coefficient (Wildman–Crippen LogP) is 7.20. The molecule has 134 valence electrons. The van der Waals surface area contributed by atoms with Gasteiger partial charge >= 0.3 is 0 Å². The molecule has 0 aromatic heterocycles. The minimum atomic E-state index is -0.273. The lowest BCUT2D eigenvalue weighted by molar-refractivity contribution is 0.301. The summed E-state index contributed by atoms with van der Waals surface area (Å²) in [6.45, 7) is 0.900. The first kappa shape index (κ1) is 19.2. The van der Waals surface area contributed by atoms with Crippen molar-refractivity contribution in [1.29, 1.82) is 0 Å². The van der Waals surface area contributed by atoms with Crippen LogP contribution in [0.1, 0.15) is 11.1 Å². The minimum absolute atomic E-state index is 0.273. The number of para-hydroxylation sites is 1. The van der Waals surface area contributed by atoms with Gasteiger partial charge in [-0.05, 0) is 79.4 Å². The zero-order chi connectivity index (χ0) is 18.5. The van der Waals surface area contributed by atoms with Crippen molar-refractivity contribution < 1.29 is 9.13 Å². The number of rotatable bonds is 6. The van der Waals surface area contributed by atoms with Crippen molar-refractivity contribution >= 4 is 49.1 Å². The molecular weight excluding hydrogens is 484 g/mol. The van der Waals surface area contributed by atoms with Crippen LogP contribution >= 0.6 is 43.5 Å². The molecule has 0 saturated heterocycles. The lowest BCUT2D eigenvalue weighted by Crippen LogP contribution is -2.02. The third-order valence-corrected chi connectivity index (χ3v) is 5.19. The van der Waals surface area contributed by atoms with Gasteiger partial charge in [0.15, 0.2) is 0 Å². The Kier molecular flexibility index (Phi) is 6.57. The Morgan fingerprint density at radius 2 is 1.65 bits per heavy atom. The highest BCUT2D eigenvalue weighted by Crippen LogP contribution is 2.35. The molecule has 0 atom stereocenters. The van der Waals surface area contributed by atoms with Gasteiger partial charge in [-0.2, -0.15) is 0 Å². The number of halogens is 4. The molecule has 1 N–H and O–H groups in total. The Labute approximate surface area is 173 Å². The summed E-state index contributed by atoms with van der Waals surface area (Å²) < 4.78 is 20.7. The van der Waals surface area contributed by atoms with E-state index in [1.54, 1.807) is 6.07 Å². The van der Waals surface area contributed by atoms with Gasteiger partial charge in [0.2, 0.25) is 0 Å². The third-order valence-electron chi connectivity index (χ3n) is 3.69. The van der Waals surface area contributed by atoms with E-state index < -0.39 is 0 Å². The van der Waals surface area contributed by atoms with Crippen molar-refractivity contribution in [2.75, 3.05) is 5.32 Å². The lowest BCUT2D eigenvalue weighted by atomic mass is 10.2. The van der Waals surface area contributed by atoms with E-state index in [1.165, 1.54) is 12.1 Å². The van der Waals surface area contributed by atoms with E-state index in [0.29, 0.717) is 17.3 Å². The summed E-state index contributed by atoms with van der Waals surface area (Å²) in [6, 6.07) is 17.9. The molecule has 0 spiro atoms. The van der Waals surface area contributed by atoms with Crippen molar-refractivity contribution in [3.63, 3.8) is 0 Å². The van der Waals surface area contributed by atoms with Gasteiger partial charge in [-0.1, -0.05) is 35.9 Å². The molecule has 0 fully saturated rings. The van der Waals surface area contributed by atoms with Crippen molar-refractivity contribution in [1.82, 2.24) is 0 Å². The van der Waals surface area contributed by atoms with Crippen LogP contribution in [0.15, 0.2) is 69.6 Å². The fourth-order valence-electron chi connectivity index (χ4n) is 2.44. The van der Waals surface area contributed by atoms with E-state index in [-0.39, 0.29) is 12.4 Å². The average Bonchev–Trinajstić information content (AvgIpc) is 2.60. The van der Waals surface area contributed by atoms with E-state index in [1.807, 2.05) is 42.5 Å². The molecule has 0 aliphatic carbocycles. The fourth-order valence-corrected chi connectivity index (χ4v) is 4.15. The van der Waals surface area contributed by atoms with Crippen LogP contribution in [0, 0.1) is 5.82 Å². The summed E-state index contributed by atoms with van der Waals surface area (Å²) in [5.74, 6) is 0.404. The number of ether oxygens (including phenoxy) is 1. The third kappa shape index (κ3) is 5.00. The van der Waals surface area contributed by atoms with Crippen LogP contribution in [-0.2, 0) is 13.2 Å². The molecule has 2 nitrogen and oxygen atoms in total. The van der Waals surface area contributed by atoms with E-state index in [4.69, 9.17) is 16.3 Å². The zero-order valence-electron chi connectivity index (χ0n) is 13.6. The van der Waals surface area contributed by atoms with Gasteiger partial charge in [0, 0.05) is 6.54 Å². The molecular formula is C20H15Br2ClFNO. The first-order valence-electron chi connectivity index (χ1n) is 7.86. The predicted molar refractivity (Wildman–Crippen MR) is 111 cm³/mol. The summed E-state index contributed by atoms with van der Waals surface area (Å²) in [7, 11) is 0. The summed E-state index contributed by atoms with van der Waals surface area (Å²) in [5, 5.41) is 3.99. The normalized spacial score (nSPS) is 10.6. The Morgan fingerprint density at radius 1 is 0.923 bits per heavy atom. The van der Waals surface area contributed by atoms with Crippen LogP contribution in [0.25, 0.3) is 0 Å². The molecule has 3 aromatic rings. The second-order valence-electron chi connectivity index (χ2n) is 5.64. The van der Waals surface area contributed by atoms with Crippen molar-refractivity contribution in [3.05, 3.63) is 91.6 Å². The Morgan fingerprint density at radius 3 is 2.35 bits per heavy atom. The Hall–Kier alpha value is -1.56.